The summed E-state index contributed by atoms with van der Waals surface area (Å²) < 4.78 is 10.1. The maximum atomic E-state index is 12.7. The molecule has 12 heteroatoms. The van der Waals surface area contributed by atoms with Gasteiger partial charge in [-0.2, -0.15) is 0 Å². The van der Waals surface area contributed by atoms with Crippen molar-refractivity contribution in [1.82, 2.24) is 15.5 Å². The number of carbonyl (C=O) groups is 6. The van der Waals surface area contributed by atoms with E-state index in [-0.39, 0.29) is 55.3 Å². The molecule has 12 nitrogen and oxygen atoms in total. The van der Waals surface area contributed by atoms with Crippen molar-refractivity contribution in [1.29, 1.82) is 0 Å². The van der Waals surface area contributed by atoms with Crippen molar-refractivity contribution in [3.05, 3.63) is 23.8 Å². The van der Waals surface area contributed by atoms with Crippen molar-refractivity contribution in [2.45, 2.75) is 97.8 Å². The van der Waals surface area contributed by atoms with Crippen molar-refractivity contribution in [2.24, 2.45) is 0 Å². The van der Waals surface area contributed by atoms with Gasteiger partial charge in [-0.3, -0.25) is 24.0 Å². The van der Waals surface area contributed by atoms with Crippen LogP contribution in [-0.4, -0.2) is 65.4 Å². The summed E-state index contributed by atoms with van der Waals surface area (Å²) in [7, 11) is 0. The van der Waals surface area contributed by atoms with Crippen LogP contribution in [0.25, 0.3) is 0 Å². The van der Waals surface area contributed by atoms with Gasteiger partial charge in [0.15, 0.2) is 11.5 Å². The van der Waals surface area contributed by atoms with Crippen LogP contribution in [-0.2, 0) is 19.2 Å². The smallest absolute Gasteiger partial charge is 0.414 e. The zero-order chi connectivity index (χ0) is 31.3. The van der Waals surface area contributed by atoms with Crippen molar-refractivity contribution in [2.75, 3.05) is 19.6 Å². The molecule has 0 aliphatic rings. The van der Waals surface area contributed by atoms with Gasteiger partial charge in [-0.1, -0.05) is 57.9 Å². The highest BCUT2D eigenvalue weighted by Gasteiger charge is 2.22. The molecule has 1 rings (SSSR count). The molecule has 234 valence electrons. The predicted molar refractivity (Wildman–Crippen MR) is 155 cm³/mol. The van der Waals surface area contributed by atoms with Crippen molar-refractivity contribution < 1.29 is 43.3 Å². The van der Waals surface area contributed by atoms with Gasteiger partial charge in [0.2, 0.25) is 11.8 Å². The molecule has 0 atom stereocenters. The number of benzene rings is 1. The van der Waals surface area contributed by atoms with Crippen LogP contribution in [0.15, 0.2) is 18.2 Å². The number of carbonyl (C=O) groups excluding carboxylic acids is 5. The van der Waals surface area contributed by atoms with Gasteiger partial charge in [-0.25, -0.2) is 9.69 Å². The third-order valence-corrected chi connectivity index (χ3v) is 6.27. The van der Waals surface area contributed by atoms with Crippen LogP contribution in [0.4, 0.5) is 4.79 Å². The zero-order valence-electron chi connectivity index (χ0n) is 25.0. The van der Waals surface area contributed by atoms with E-state index in [1.165, 1.54) is 57.2 Å². The number of hydrogen-bond donors (Lipinski definition) is 3. The molecule has 42 heavy (non-hydrogen) atoms. The lowest BCUT2D eigenvalue weighted by Crippen LogP contribution is -2.39. The first kappa shape index (κ1) is 36.1. The number of rotatable bonds is 20. The second kappa shape index (κ2) is 20.8. The molecule has 0 unspecified atom stereocenters. The lowest BCUT2D eigenvalue weighted by atomic mass is 10.1. The Balaban J connectivity index is 2.40. The first-order chi connectivity index (χ1) is 20.1. The summed E-state index contributed by atoms with van der Waals surface area (Å²) >= 11 is 0. The predicted octanol–water partition coefficient (Wildman–Crippen LogP) is 4.59. The molecule has 0 aliphatic heterocycles. The molecule has 0 saturated heterocycles. The fourth-order valence-corrected chi connectivity index (χ4v) is 4.13. The number of ether oxygens (including phenoxy) is 2. The van der Waals surface area contributed by atoms with Crippen molar-refractivity contribution >= 4 is 35.8 Å². The lowest BCUT2D eigenvalue weighted by Gasteiger charge is -2.17. The van der Waals surface area contributed by atoms with Gasteiger partial charge in [0.05, 0.1) is 5.56 Å². The molecule has 0 spiro atoms. The largest absolute Gasteiger partial charge is 0.465 e. The summed E-state index contributed by atoms with van der Waals surface area (Å²) in [5, 5.41) is 14.8. The van der Waals surface area contributed by atoms with Crippen LogP contribution in [0.3, 0.4) is 0 Å². The third-order valence-electron chi connectivity index (χ3n) is 6.27. The summed E-state index contributed by atoms with van der Waals surface area (Å²) in [6.07, 6.45) is 8.23. The molecule has 0 saturated carbocycles. The number of hydrogen-bond acceptors (Lipinski definition) is 8. The number of nitrogens with one attached hydrogen (secondary N) is 2. The van der Waals surface area contributed by atoms with E-state index >= 15 is 0 Å². The number of unbranched alkanes of at least 4 members (excludes halogenated alkanes) is 8. The second-order valence-electron chi connectivity index (χ2n) is 9.94. The van der Waals surface area contributed by atoms with E-state index in [1.807, 2.05) is 0 Å². The van der Waals surface area contributed by atoms with Crippen molar-refractivity contribution in [3.8, 4) is 11.5 Å². The van der Waals surface area contributed by atoms with E-state index in [0.29, 0.717) is 17.9 Å². The van der Waals surface area contributed by atoms with Gasteiger partial charge in [0.25, 0.3) is 5.91 Å². The summed E-state index contributed by atoms with van der Waals surface area (Å²) in [6, 6.07) is 4.26. The van der Waals surface area contributed by atoms with Gasteiger partial charge < -0.3 is 25.2 Å². The molecular weight excluding hydrogens is 546 g/mol. The number of carboxylic acid groups (broad SMARTS) is 1. The van der Waals surface area contributed by atoms with Gasteiger partial charge in [-0.05, 0) is 31.4 Å². The summed E-state index contributed by atoms with van der Waals surface area (Å²) in [4.78, 5) is 72.3. The second-order valence-corrected chi connectivity index (χ2v) is 9.94. The van der Waals surface area contributed by atoms with Crippen LogP contribution in [0.2, 0.25) is 0 Å². The van der Waals surface area contributed by atoms with Crippen molar-refractivity contribution in [3.63, 3.8) is 0 Å². The molecule has 0 heterocycles. The lowest BCUT2D eigenvalue weighted by molar-refractivity contribution is -0.134. The first-order valence-corrected chi connectivity index (χ1v) is 14.6. The Kier molecular flexibility index (Phi) is 17.9. The molecule has 4 amide bonds. The Morgan fingerprint density at radius 1 is 0.762 bits per heavy atom. The Morgan fingerprint density at radius 2 is 1.36 bits per heavy atom. The summed E-state index contributed by atoms with van der Waals surface area (Å²) in [5.41, 5.74) is -0.0160. The van der Waals surface area contributed by atoms with Crippen LogP contribution in [0.5, 0.6) is 11.5 Å². The number of nitrogens with zero attached hydrogens (tertiary/aromatic N) is 1. The molecular formula is C30H45N3O9. The average molecular weight is 592 g/mol. The van der Waals surface area contributed by atoms with E-state index in [0.717, 1.165) is 26.2 Å². The fourth-order valence-electron chi connectivity index (χ4n) is 4.13. The van der Waals surface area contributed by atoms with E-state index < -0.39 is 29.8 Å². The molecule has 1 aromatic carbocycles. The standard InChI is InChI=1S/C30H45N3O9/c1-4-5-6-7-8-9-10-12-19-31-26(36)18-21-33(30(39)40)27(37)17-11-13-20-32-29(38)24-15-14-16-25(41-22(2)34)28(24)42-23(3)35/h14-16H,4-13,17-21H2,1-3H3,(H,31,36)(H,32,38)(H,39,40). The highest BCUT2D eigenvalue weighted by molar-refractivity contribution is 5.98. The van der Waals surface area contributed by atoms with Crippen LogP contribution in [0, 0.1) is 0 Å². The zero-order valence-corrected chi connectivity index (χ0v) is 25.0. The minimum absolute atomic E-state index is 0.0160. The van der Waals surface area contributed by atoms with E-state index in [4.69, 9.17) is 9.47 Å². The third kappa shape index (κ3) is 15.2. The Bertz CT molecular complexity index is 1060. The highest BCUT2D eigenvalue weighted by atomic mass is 16.6. The maximum absolute atomic E-state index is 12.7. The monoisotopic (exact) mass is 591 g/mol. The van der Waals surface area contributed by atoms with Crippen LogP contribution >= 0.6 is 0 Å². The minimum Gasteiger partial charge on any atom is -0.465 e. The molecule has 3 N–H and O–H groups in total. The SMILES string of the molecule is CCCCCCCCCCNC(=O)CCN(C(=O)O)C(=O)CCCCNC(=O)c1cccc(OC(C)=O)c1OC(C)=O. The molecule has 0 fully saturated rings. The Labute approximate surface area is 247 Å². The van der Waals surface area contributed by atoms with Crippen LogP contribution < -0.4 is 20.1 Å². The van der Waals surface area contributed by atoms with E-state index in [9.17, 15) is 33.9 Å². The fraction of sp³-hybridized carbons (Fsp3) is 0.600. The number of esters is 2. The van der Waals surface area contributed by atoms with Gasteiger partial charge in [0, 0.05) is 46.3 Å². The highest BCUT2D eigenvalue weighted by Crippen LogP contribution is 2.31. The topological polar surface area (TPSA) is 168 Å². The first-order valence-electron chi connectivity index (χ1n) is 14.6. The van der Waals surface area contributed by atoms with Gasteiger partial charge in [-0.15, -0.1) is 0 Å². The number of para-hydroxylation sites is 1. The number of imide groups is 1. The summed E-state index contributed by atoms with van der Waals surface area (Å²) in [6.45, 7) is 4.95. The van der Waals surface area contributed by atoms with E-state index in [1.54, 1.807) is 0 Å². The summed E-state index contributed by atoms with van der Waals surface area (Å²) in [5.74, 6) is -3.14. The Morgan fingerprint density at radius 3 is 1.98 bits per heavy atom. The van der Waals surface area contributed by atoms with Crippen LogP contribution in [0.1, 0.15) is 108 Å². The molecule has 0 bridgehead atoms. The quantitative estimate of drug-likeness (QED) is 0.112. The maximum Gasteiger partial charge on any atom is 0.414 e. The number of amides is 4. The molecule has 0 aromatic heterocycles. The Hall–Kier alpha value is -3.96. The van der Waals surface area contributed by atoms with Gasteiger partial charge in [0.1, 0.15) is 0 Å². The normalized spacial score (nSPS) is 10.5. The molecule has 0 aliphatic carbocycles. The van der Waals surface area contributed by atoms with Gasteiger partial charge >= 0.3 is 18.0 Å². The molecule has 0 radical (unpaired) electrons. The molecule has 1 aromatic rings. The van der Waals surface area contributed by atoms with E-state index in [2.05, 4.69) is 17.6 Å². The minimum atomic E-state index is -1.42. The average Bonchev–Trinajstić information content (AvgIpc) is 2.92.